The quantitative estimate of drug-likeness (QED) is 0.322. The van der Waals surface area contributed by atoms with Crippen LogP contribution in [0.25, 0.3) is 22.1 Å². The fraction of sp³-hybridized carbons (Fsp3) is 0.115. The number of carbonyl (C=O) groups excluding carboxylic acids is 2. The molecule has 172 valence electrons. The topological polar surface area (TPSA) is 104 Å². The van der Waals surface area contributed by atoms with E-state index in [0.29, 0.717) is 45.0 Å². The third kappa shape index (κ3) is 5.07. The van der Waals surface area contributed by atoms with Gasteiger partial charge in [0.05, 0.1) is 18.1 Å². The molecule has 34 heavy (non-hydrogen) atoms. The van der Waals surface area contributed by atoms with Crippen LogP contribution in [0.2, 0.25) is 0 Å². The Kier molecular flexibility index (Phi) is 6.59. The van der Waals surface area contributed by atoms with E-state index in [1.165, 1.54) is 32.4 Å². The van der Waals surface area contributed by atoms with Crippen molar-refractivity contribution in [2.45, 2.75) is 6.92 Å². The Hall–Kier alpha value is -4.59. The van der Waals surface area contributed by atoms with Gasteiger partial charge in [-0.1, -0.05) is 24.3 Å². The number of hydrogen-bond acceptors (Lipinski definition) is 7. The van der Waals surface area contributed by atoms with Gasteiger partial charge in [-0.15, -0.1) is 0 Å². The first-order valence-corrected chi connectivity index (χ1v) is 10.3. The molecule has 0 fully saturated rings. The summed E-state index contributed by atoms with van der Waals surface area (Å²) in [6.45, 7) is 1.11. The molecule has 4 rings (SSSR count). The molecule has 0 aliphatic carbocycles. The summed E-state index contributed by atoms with van der Waals surface area (Å²) in [7, 11) is 1.53. The predicted octanol–water partition coefficient (Wildman–Crippen LogP) is 4.41. The Bertz CT molecular complexity index is 1410. The highest BCUT2D eigenvalue weighted by molar-refractivity contribution is 5.92. The summed E-state index contributed by atoms with van der Waals surface area (Å²) >= 11 is 0. The maximum Gasteiger partial charge on any atom is 0.308 e. The molecule has 0 atom stereocenters. The number of esters is 1. The zero-order chi connectivity index (χ0) is 24.1. The molecule has 0 unspecified atom stereocenters. The van der Waals surface area contributed by atoms with Gasteiger partial charge in [-0.05, 0) is 42.0 Å². The molecule has 0 radical (unpaired) electrons. The predicted molar refractivity (Wildman–Crippen MR) is 126 cm³/mol. The van der Waals surface area contributed by atoms with Crippen LogP contribution in [0.1, 0.15) is 6.92 Å². The summed E-state index contributed by atoms with van der Waals surface area (Å²) in [6.07, 6.45) is 1.36. The second kappa shape index (κ2) is 9.91. The smallest absolute Gasteiger partial charge is 0.308 e. The highest BCUT2D eigenvalue weighted by atomic mass is 16.5. The number of nitrogens with one attached hydrogen (secondary N) is 1. The summed E-state index contributed by atoms with van der Waals surface area (Å²) < 4.78 is 21.3. The molecule has 4 aromatic rings. The molecule has 8 heteroatoms. The van der Waals surface area contributed by atoms with Crippen molar-refractivity contribution in [1.82, 2.24) is 0 Å². The molecule has 1 heterocycles. The number of methoxy groups -OCH3 is 1. The first-order chi connectivity index (χ1) is 16.4. The number of rotatable bonds is 7. The monoisotopic (exact) mass is 459 g/mol. The summed E-state index contributed by atoms with van der Waals surface area (Å²) in [5.74, 6) is 0.505. The van der Waals surface area contributed by atoms with E-state index in [0.717, 1.165) is 0 Å². The Morgan fingerprint density at radius 3 is 2.41 bits per heavy atom. The number of ether oxygens (including phenoxy) is 3. The van der Waals surface area contributed by atoms with Crippen molar-refractivity contribution in [2.24, 2.45) is 0 Å². The summed E-state index contributed by atoms with van der Waals surface area (Å²) in [6, 6.07) is 18.4. The molecule has 1 N–H and O–H groups in total. The lowest BCUT2D eigenvalue weighted by Crippen LogP contribution is -2.20. The lowest BCUT2D eigenvalue weighted by atomic mass is 10.1. The molecule has 0 saturated heterocycles. The largest absolute Gasteiger partial charge is 0.493 e. The molecule has 0 saturated carbocycles. The number of amides is 1. The van der Waals surface area contributed by atoms with Crippen LogP contribution in [0.5, 0.6) is 17.2 Å². The number of anilines is 1. The molecule has 0 spiro atoms. The van der Waals surface area contributed by atoms with Gasteiger partial charge in [0.2, 0.25) is 0 Å². The Balaban J connectivity index is 1.45. The van der Waals surface area contributed by atoms with Gasteiger partial charge in [-0.3, -0.25) is 14.4 Å². The van der Waals surface area contributed by atoms with E-state index >= 15 is 0 Å². The minimum Gasteiger partial charge on any atom is -0.493 e. The van der Waals surface area contributed by atoms with Gasteiger partial charge in [0, 0.05) is 18.7 Å². The summed E-state index contributed by atoms with van der Waals surface area (Å²) in [5.41, 5.74) is 1.63. The van der Waals surface area contributed by atoms with Gasteiger partial charge in [0.1, 0.15) is 17.6 Å². The minimum absolute atomic E-state index is 0.189. The average molecular weight is 459 g/mol. The number of para-hydroxylation sites is 2. The second-order valence-electron chi connectivity index (χ2n) is 7.30. The van der Waals surface area contributed by atoms with Crippen molar-refractivity contribution in [3.05, 3.63) is 83.2 Å². The highest BCUT2D eigenvalue weighted by Crippen LogP contribution is 2.26. The first kappa shape index (κ1) is 22.6. The molecule has 8 nitrogen and oxygen atoms in total. The fourth-order valence-corrected chi connectivity index (χ4v) is 3.35. The average Bonchev–Trinajstić information content (AvgIpc) is 2.83. The Morgan fingerprint density at radius 1 is 0.971 bits per heavy atom. The van der Waals surface area contributed by atoms with Crippen LogP contribution in [-0.2, 0) is 9.59 Å². The van der Waals surface area contributed by atoms with Gasteiger partial charge in [-0.2, -0.15) is 0 Å². The third-order valence-electron chi connectivity index (χ3n) is 4.92. The van der Waals surface area contributed by atoms with E-state index < -0.39 is 5.97 Å². The number of hydrogen-bond donors (Lipinski definition) is 1. The molecule has 0 bridgehead atoms. The lowest BCUT2D eigenvalue weighted by molar-refractivity contribution is -0.131. The van der Waals surface area contributed by atoms with Crippen LogP contribution in [0.3, 0.4) is 0 Å². The van der Waals surface area contributed by atoms with Crippen LogP contribution >= 0.6 is 0 Å². The number of carbonyl (C=O) groups is 2. The normalized spacial score (nSPS) is 10.5. The minimum atomic E-state index is -0.461. The van der Waals surface area contributed by atoms with Gasteiger partial charge in [0.15, 0.2) is 23.5 Å². The van der Waals surface area contributed by atoms with Crippen molar-refractivity contribution < 1.29 is 28.2 Å². The SMILES string of the molecule is COc1ccccc1OCC(=O)Nc1ccc(-c2coc3cc(OC(C)=O)ccc3c2=O)cc1. The van der Waals surface area contributed by atoms with Crippen LogP contribution in [0, 0.1) is 0 Å². The van der Waals surface area contributed by atoms with Crippen LogP contribution in [-0.4, -0.2) is 25.6 Å². The van der Waals surface area contributed by atoms with Crippen molar-refractivity contribution in [2.75, 3.05) is 19.0 Å². The van der Waals surface area contributed by atoms with Crippen LogP contribution in [0.15, 0.2) is 82.2 Å². The van der Waals surface area contributed by atoms with Gasteiger partial charge >= 0.3 is 5.97 Å². The van der Waals surface area contributed by atoms with E-state index in [-0.39, 0.29) is 17.9 Å². The second-order valence-corrected chi connectivity index (χ2v) is 7.30. The fourth-order valence-electron chi connectivity index (χ4n) is 3.35. The molecule has 1 amide bonds. The van der Waals surface area contributed by atoms with E-state index in [1.807, 2.05) is 6.07 Å². The number of benzene rings is 3. The molecule has 0 aliphatic rings. The summed E-state index contributed by atoms with van der Waals surface area (Å²) in [4.78, 5) is 36.3. The van der Waals surface area contributed by atoms with Crippen LogP contribution in [0.4, 0.5) is 5.69 Å². The standard InChI is InChI=1S/C26H21NO7/c1-16(28)34-19-11-12-20-24(13-19)32-14-21(26(20)30)17-7-9-18(10-8-17)27-25(29)15-33-23-6-4-3-5-22(23)31-2/h3-14H,15H2,1-2H3,(H,27,29). The molecule has 3 aromatic carbocycles. The Labute approximate surface area is 194 Å². The summed E-state index contributed by atoms with van der Waals surface area (Å²) in [5, 5.41) is 3.11. The molecular formula is C26H21NO7. The van der Waals surface area contributed by atoms with Gasteiger partial charge in [0.25, 0.3) is 5.91 Å². The van der Waals surface area contributed by atoms with Crippen molar-refractivity contribution >= 4 is 28.5 Å². The molecule has 0 aliphatic heterocycles. The van der Waals surface area contributed by atoms with Crippen LogP contribution < -0.4 is 25.0 Å². The maximum atomic E-state index is 12.9. The third-order valence-corrected chi connectivity index (χ3v) is 4.92. The number of fused-ring (bicyclic) bond motifs is 1. The first-order valence-electron chi connectivity index (χ1n) is 10.3. The van der Waals surface area contributed by atoms with Gasteiger partial charge in [-0.25, -0.2) is 0 Å². The van der Waals surface area contributed by atoms with E-state index in [1.54, 1.807) is 48.5 Å². The Morgan fingerprint density at radius 2 is 1.71 bits per heavy atom. The zero-order valence-corrected chi connectivity index (χ0v) is 18.5. The van der Waals surface area contributed by atoms with E-state index in [2.05, 4.69) is 5.32 Å². The van der Waals surface area contributed by atoms with E-state index in [4.69, 9.17) is 18.6 Å². The zero-order valence-electron chi connectivity index (χ0n) is 18.5. The van der Waals surface area contributed by atoms with Crippen molar-refractivity contribution in [1.29, 1.82) is 0 Å². The van der Waals surface area contributed by atoms with Crippen molar-refractivity contribution in [3.63, 3.8) is 0 Å². The lowest BCUT2D eigenvalue weighted by Gasteiger charge is -2.11. The van der Waals surface area contributed by atoms with E-state index in [9.17, 15) is 14.4 Å². The highest BCUT2D eigenvalue weighted by Gasteiger charge is 2.12. The molecule has 1 aromatic heterocycles. The maximum absolute atomic E-state index is 12.9. The van der Waals surface area contributed by atoms with Gasteiger partial charge < -0.3 is 23.9 Å². The van der Waals surface area contributed by atoms with Crippen molar-refractivity contribution in [3.8, 4) is 28.4 Å². The molecular weight excluding hydrogens is 438 g/mol.